The van der Waals surface area contributed by atoms with E-state index in [9.17, 15) is 44.3 Å². The first-order valence-electron chi connectivity index (χ1n) is 12.5. The maximum Gasteiger partial charge on any atom is 0.432 e. The van der Waals surface area contributed by atoms with E-state index in [0.717, 1.165) is 42.7 Å². The minimum atomic E-state index is -4.96. The SMILES string of the molecule is Cc1nc(-c2ccc(C(F)(F)F)cc2)c(-c2cc(-c3cc(F)c(CO)c(S(C)(=O)=O)c3)ccc2N=CC(Cl)=C(N)C(F)(F)F)o1. The molecule has 1 aromatic heterocycles. The molecule has 4 rings (SSSR count). The topological polar surface area (TPSA) is 119 Å². The highest BCUT2D eigenvalue weighted by atomic mass is 35.5. The first kappa shape index (κ1) is 33.7. The summed E-state index contributed by atoms with van der Waals surface area (Å²) < 4.78 is 124. The van der Waals surface area contributed by atoms with Gasteiger partial charge in [-0.05, 0) is 47.5 Å². The lowest BCUT2D eigenvalue weighted by Crippen LogP contribution is -2.20. The van der Waals surface area contributed by atoms with Crippen molar-refractivity contribution in [1.29, 1.82) is 0 Å². The molecule has 0 aliphatic carbocycles. The molecular formula is C29H21ClF7N3O4S. The van der Waals surface area contributed by atoms with Gasteiger partial charge in [-0.1, -0.05) is 29.8 Å². The zero-order chi connectivity index (χ0) is 33.5. The minimum absolute atomic E-state index is 0.0156. The van der Waals surface area contributed by atoms with E-state index in [1.165, 1.54) is 25.1 Å². The van der Waals surface area contributed by atoms with E-state index >= 15 is 0 Å². The predicted octanol–water partition coefficient (Wildman–Crippen LogP) is 7.71. The number of benzene rings is 3. The van der Waals surface area contributed by atoms with Gasteiger partial charge in [-0.15, -0.1) is 0 Å². The van der Waals surface area contributed by atoms with Gasteiger partial charge in [-0.25, -0.2) is 17.8 Å². The Morgan fingerprint density at radius 1 is 1.02 bits per heavy atom. The van der Waals surface area contributed by atoms with Crippen molar-refractivity contribution < 1.29 is 48.7 Å². The van der Waals surface area contributed by atoms with Crippen LogP contribution in [-0.4, -0.2) is 37.2 Å². The maximum atomic E-state index is 14.9. The molecule has 16 heteroatoms. The molecule has 0 fully saturated rings. The number of oxazole rings is 1. The quantitative estimate of drug-likeness (QED) is 0.153. The van der Waals surface area contributed by atoms with Gasteiger partial charge in [0.05, 0.1) is 27.8 Å². The molecule has 0 spiro atoms. The molecule has 0 saturated carbocycles. The van der Waals surface area contributed by atoms with Crippen molar-refractivity contribution in [3.63, 3.8) is 0 Å². The Kier molecular flexibility index (Phi) is 9.20. The third kappa shape index (κ3) is 7.37. The number of hydrogen-bond donors (Lipinski definition) is 2. The number of allylic oxidation sites excluding steroid dienone is 2. The van der Waals surface area contributed by atoms with E-state index in [2.05, 4.69) is 9.98 Å². The number of sulfone groups is 1. The third-order valence-electron chi connectivity index (χ3n) is 6.39. The van der Waals surface area contributed by atoms with Crippen molar-refractivity contribution in [1.82, 2.24) is 4.98 Å². The van der Waals surface area contributed by atoms with Crippen molar-refractivity contribution in [3.05, 3.63) is 88.2 Å². The number of hydrogen-bond acceptors (Lipinski definition) is 7. The number of halogens is 8. The number of nitrogens with zero attached hydrogens (tertiary/aromatic N) is 2. The lowest BCUT2D eigenvalue weighted by atomic mass is 9.97. The number of alkyl halides is 6. The third-order valence-corrected chi connectivity index (χ3v) is 7.85. The minimum Gasteiger partial charge on any atom is -0.440 e. The van der Waals surface area contributed by atoms with Gasteiger partial charge >= 0.3 is 12.4 Å². The molecule has 3 aromatic carbocycles. The van der Waals surface area contributed by atoms with Crippen LogP contribution in [0, 0.1) is 12.7 Å². The molecule has 1 heterocycles. The second kappa shape index (κ2) is 12.3. The fourth-order valence-corrected chi connectivity index (χ4v) is 5.33. The summed E-state index contributed by atoms with van der Waals surface area (Å²) in [7, 11) is -4.02. The van der Waals surface area contributed by atoms with Gasteiger partial charge in [0.25, 0.3) is 0 Å². The fourth-order valence-electron chi connectivity index (χ4n) is 4.23. The Morgan fingerprint density at radius 3 is 2.20 bits per heavy atom. The highest BCUT2D eigenvalue weighted by Crippen LogP contribution is 2.42. The summed E-state index contributed by atoms with van der Waals surface area (Å²) in [6.45, 7) is 0.533. The van der Waals surface area contributed by atoms with Crippen LogP contribution in [0.3, 0.4) is 0 Å². The summed E-state index contributed by atoms with van der Waals surface area (Å²) in [5.41, 5.74) is 2.38. The summed E-state index contributed by atoms with van der Waals surface area (Å²) in [5, 5.41) is 8.60. The van der Waals surface area contributed by atoms with Gasteiger partial charge in [-0.3, -0.25) is 4.99 Å². The number of aliphatic imine (C=N–C) groups is 1. The predicted molar refractivity (Wildman–Crippen MR) is 153 cm³/mol. The summed E-state index contributed by atoms with van der Waals surface area (Å²) in [4.78, 5) is 7.79. The van der Waals surface area contributed by atoms with E-state index in [4.69, 9.17) is 21.8 Å². The Bertz CT molecular complexity index is 1930. The van der Waals surface area contributed by atoms with Crippen molar-refractivity contribution >= 4 is 33.3 Å². The van der Waals surface area contributed by atoms with Crippen LogP contribution >= 0.6 is 11.6 Å². The molecule has 0 aliphatic heterocycles. The van der Waals surface area contributed by atoms with E-state index in [1.807, 2.05) is 0 Å². The maximum absolute atomic E-state index is 14.9. The molecular weight excluding hydrogens is 655 g/mol. The normalized spacial score (nSPS) is 13.4. The Hall–Kier alpha value is -4.21. The van der Waals surface area contributed by atoms with Crippen LogP contribution in [0.5, 0.6) is 0 Å². The molecule has 7 nitrogen and oxygen atoms in total. The molecule has 0 atom stereocenters. The number of rotatable bonds is 7. The van der Waals surface area contributed by atoms with Crippen LogP contribution < -0.4 is 5.73 Å². The number of aliphatic hydroxyl groups excluding tert-OH is 1. The standard InChI is InChI=1S/C29H21ClF7N3O4S/c1-14-40-25(15-3-6-18(7-4-15)28(32,33)34)26(44-14)19-9-16(5-8-23(19)39-12-21(30)27(38)29(35,36)37)17-10-22(31)20(13-41)24(11-17)45(2,42)43/h3-12,41H,13,38H2,1-2H3. The van der Waals surface area contributed by atoms with E-state index in [-0.39, 0.29) is 45.3 Å². The highest BCUT2D eigenvalue weighted by Gasteiger charge is 2.34. The van der Waals surface area contributed by atoms with Gasteiger partial charge in [0.1, 0.15) is 17.2 Å². The summed E-state index contributed by atoms with van der Waals surface area (Å²) in [6, 6.07) is 9.98. The summed E-state index contributed by atoms with van der Waals surface area (Å²) in [5.74, 6) is -1.06. The van der Waals surface area contributed by atoms with Crippen molar-refractivity contribution in [2.75, 3.05) is 6.26 Å². The first-order chi connectivity index (χ1) is 20.8. The second-order valence-electron chi connectivity index (χ2n) is 9.60. The van der Waals surface area contributed by atoms with Crippen LogP contribution in [0.15, 0.2) is 79.6 Å². The number of aliphatic hydroxyl groups is 1. The van der Waals surface area contributed by atoms with Crippen molar-refractivity contribution in [3.8, 4) is 33.7 Å². The molecule has 0 bridgehead atoms. The monoisotopic (exact) mass is 675 g/mol. The largest absolute Gasteiger partial charge is 0.440 e. The molecule has 45 heavy (non-hydrogen) atoms. The van der Waals surface area contributed by atoms with Crippen molar-refractivity contribution in [2.24, 2.45) is 10.7 Å². The van der Waals surface area contributed by atoms with E-state index in [0.29, 0.717) is 6.21 Å². The molecule has 0 unspecified atom stereocenters. The van der Waals surface area contributed by atoms with Gasteiger partial charge < -0.3 is 15.3 Å². The van der Waals surface area contributed by atoms with Crippen molar-refractivity contribution in [2.45, 2.75) is 30.8 Å². The van der Waals surface area contributed by atoms with Gasteiger partial charge in [-0.2, -0.15) is 26.3 Å². The first-order valence-corrected chi connectivity index (χ1v) is 14.8. The van der Waals surface area contributed by atoms with E-state index < -0.39 is 61.4 Å². The second-order valence-corrected chi connectivity index (χ2v) is 12.0. The molecule has 0 radical (unpaired) electrons. The van der Waals surface area contributed by atoms with Gasteiger partial charge in [0.15, 0.2) is 21.5 Å². The average Bonchev–Trinajstić information content (AvgIpc) is 3.34. The van der Waals surface area contributed by atoms with Gasteiger partial charge in [0.2, 0.25) is 0 Å². The Balaban J connectivity index is 1.98. The number of nitrogens with two attached hydrogens (primary N) is 1. The van der Waals surface area contributed by atoms with Gasteiger partial charge in [0, 0.05) is 36.1 Å². The molecule has 3 N–H and O–H groups in total. The molecule has 0 aliphatic rings. The van der Waals surface area contributed by atoms with E-state index in [1.54, 1.807) is 0 Å². The van der Waals surface area contributed by atoms with Crippen LogP contribution in [0.25, 0.3) is 33.7 Å². The lowest BCUT2D eigenvalue weighted by Gasteiger charge is -2.13. The highest BCUT2D eigenvalue weighted by molar-refractivity contribution is 7.90. The molecule has 238 valence electrons. The summed E-state index contributed by atoms with van der Waals surface area (Å²) >= 11 is 5.72. The Labute approximate surface area is 256 Å². The summed E-state index contributed by atoms with van der Waals surface area (Å²) in [6.07, 6.45) is -8.13. The Morgan fingerprint density at radius 2 is 1.64 bits per heavy atom. The lowest BCUT2D eigenvalue weighted by molar-refractivity contribution is -0.137. The van der Waals surface area contributed by atoms with Crippen LogP contribution in [-0.2, 0) is 22.6 Å². The fraction of sp³-hybridized carbons (Fsp3) is 0.172. The molecule has 0 amide bonds. The van der Waals surface area contributed by atoms with Crippen LogP contribution in [0.4, 0.5) is 36.4 Å². The number of aromatic nitrogens is 1. The van der Waals surface area contributed by atoms with Crippen LogP contribution in [0.2, 0.25) is 0 Å². The average molecular weight is 676 g/mol. The van der Waals surface area contributed by atoms with Crippen LogP contribution in [0.1, 0.15) is 17.0 Å². The molecule has 0 saturated heterocycles. The zero-order valence-corrected chi connectivity index (χ0v) is 24.6. The smallest absolute Gasteiger partial charge is 0.432 e. The zero-order valence-electron chi connectivity index (χ0n) is 23.1. The number of aryl methyl sites for hydroxylation is 1. The molecule has 4 aromatic rings.